The summed E-state index contributed by atoms with van der Waals surface area (Å²) in [5, 5.41) is 11.8. The minimum atomic E-state index is 0.663. The molecule has 0 saturated carbocycles. The van der Waals surface area contributed by atoms with Crippen LogP contribution in [0.4, 0.5) is 0 Å². The average molecular weight is 281 g/mol. The SMILES string of the molecule is Cc1ccc(CNCCCCC#N)c(Br)c1. The van der Waals surface area contributed by atoms with Gasteiger partial charge in [-0.15, -0.1) is 0 Å². The highest BCUT2D eigenvalue weighted by atomic mass is 79.9. The topological polar surface area (TPSA) is 35.8 Å². The average Bonchev–Trinajstić information content (AvgIpc) is 2.26. The Hall–Kier alpha value is -0.850. The maximum absolute atomic E-state index is 8.39. The second-order valence-corrected chi connectivity index (χ2v) is 4.74. The van der Waals surface area contributed by atoms with Gasteiger partial charge in [0.2, 0.25) is 0 Å². The highest BCUT2D eigenvalue weighted by Gasteiger charge is 1.99. The van der Waals surface area contributed by atoms with Crippen molar-refractivity contribution < 1.29 is 0 Å². The number of hydrogen-bond donors (Lipinski definition) is 1. The number of unbranched alkanes of at least 4 members (excludes halogenated alkanes) is 2. The maximum atomic E-state index is 8.39. The second-order valence-electron chi connectivity index (χ2n) is 3.89. The van der Waals surface area contributed by atoms with Gasteiger partial charge in [-0.1, -0.05) is 28.1 Å². The van der Waals surface area contributed by atoms with Crippen molar-refractivity contribution in [3.05, 3.63) is 33.8 Å². The molecule has 0 aliphatic carbocycles. The molecule has 86 valence electrons. The van der Waals surface area contributed by atoms with Gasteiger partial charge < -0.3 is 5.32 Å². The number of halogens is 1. The third kappa shape index (κ3) is 4.78. The van der Waals surface area contributed by atoms with Crippen LogP contribution >= 0.6 is 15.9 Å². The van der Waals surface area contributed by atoms with Crippen LogP contribution < -0.4 is 5.32 Å². The maximum Gasteiger partial charge on any atom is 0.0621 e. The summed E-state index contributed by atoms with van der Waals surface area (Å²) in [7, 11) is 0. The lowest BCUT2D eigenvalue weighted by molar-refractivity contribution is 0.627. The summed E-state index contributed by atoms with van der Waals surface area (Å²) in [5.74, 6) is 0. The summed E-state index contributed by atoms with van der Waals surface area (Å²) in [5.41, 5.74) is 2.55. The number of benzene rings is 1. The molecule has 0 aliphatic rings. The molecule has 2 nitrogen and oxygen atoms in total. The molecule has 0 bridgehead atoms. The van der Waals surface area contributed by atoms with Crippen molar-refractivity contribution in [2.24, 2.45) is 0 Å². The Kier molecular flexibility index (Phi) is 6.14. The Balaban J connectivity index is 2.25. The fourth-order valence-electron chi connectivity index (χ4n) is 1.47. The molecule has 0 aliphatic heterocycles. The first-order chi connectivity index (χ1) is 7.74. The quantitative estimate of drug-likeness (QED) is 0.809. The lowest BCUT2D eigenvalue weighted by atomic mass is 10.1. The van der Waals surface area contributed by atoms with Gasteiger partial charge in [-0.25, -0.2) is 0 Å². The van der Waals surface area contributed by atoms with Crippen molar-refractivity contribution in [2.45, 2.75) is 32.7 Å². The minimum Gasteiger partial charge on any atom is -0.313 e. The molecule has 0 aromatic heterocycles. The van der Waals surface area contributed by atoms with Crippen LogP contribution in [0.5, 0.6) is 0 Å². The van der Waals surface area contributed by atoms with Gasteiger partial charge in [0.05, 0.1) is 6.07 Å². The molecule has 1 N–H and O–H groups in total. The van der Waals surface area contributed by atoms with Gasteiger partial charge in [0.15, 0.2) is 0 Å². The Morgan fingerprint density at radius 3 is 2.88 bits per heavy atom. The number of aryl methyl sites for hydroxylation is 1. The van der Waals surface area contributed by atoms with E-state index in [1.807, 2.05) is 0 Å². The van der Waals surface area contributed by atoms with Crippen molar-refractivity contribution >= 4 is 15.9 Å². The number of nitriles is 1. The van der Waals surface area contributed by atoms with E-state index >= 15 is 0 Å². The molecule has 1 aromatic rings. The van der Waals surface area contributed by atoms with Crippen molar-refractivity contribution in [2.75, 3.05) is 6.54 Å². The summed E-state index contributed by atoms with van der Waals surface area (Å²) in [4.78, 5) is 0. The van der Waals surface area contributed by atoms with Gasteiger partial charge in [-0.3, -0.25) is 0 Å². The van der Waals surface area contributed by atoms with E-state index in [1.165, 1.54) is 11.1 Å². The second kappa shape index (κ2) is 7.43. The molecular weight excluding hydrogens is 264 g/mol. The lowest BCUT2D eigenvalue weighted by Gasteiger charge is -2.07. The first kappa shape index (κ1) is 13.2. The molecule has 0 atom stereocenters. The number of nitrogens with zero attached hydrogens (tertiary/aromatic N) is 1. The predicted octanol–water partition coefficient (Wildman–Crippen LogP) is 3.54. The molecule has 0 radical (unpaired) electrons. The predicted molar refractivity (Wildman–Crippen MR) is 70.0 cm³/mol. The Morgan fingerprint density at radius 2 is 2.19 bits per heavy atom. The lowest BCUT2D eigenvalue weighted by Crippen LogP contribution is -2.14. The monoisotopic (exact) mass is 280 g/mol. The van der Waals surface area contributed by atoms with E-state index in [-0.39, 0.29) is 0 Å². The molecule has 0 fully saturated rings. The molecule has 1 aromatic carbocycles. The van der Waals surface area contributed by atoms with Crippen LogP contribution in [0, 0.1) is 18.3 Å². The fraction of sp³-hybridized carbons (Fsp3) is 0.462. The molecular formula is C13H17BrN2. The Bertz CT molecular complexity index is 369. The van der Waals surface area contributed by atoms with E-state index in [2.05, 4.69) is 52.4 Å². The van der Waals surface area contributed by atoms with Crippen LogP contribution in [0.15, 0.2) is 22.7 Å². The summed E-state index contributed by atoms with van der Waals surface area (Å²) >= 11 is 3.56. The van der Waals surface area contributed by atoms with Gasteiger partial charge in [0.25, 0.3) is 0 Å². The zero-order valence-electron chi connectivity index (χ0n) is 9.59. The Labute approximate surface area is 106 Å². The first-order valence-electron chi connectivity index (χ1n) is 5.56. The van der Waals surface area contributed by atoms with E-state index in [4.69, 9.17) is 5.26 Å². The van der Waals surface area contributed by atoms with Crippen molar-refractivity contribution in [1.29, 1.82) is 5.26 Å². The highest BCUT2D eigenvalue weighted by Crippen LogP contribution is 2.17. The normalized spacial score (nSPS) is 10.1. The molecule has 0 spiro atoms. The summed E-state index contributed by atoms with van der Waals surface area (Å²) in [6.07, 6.45) is 2.71. The zero-order chi connectivity index (χ0) is 11.8. The van der Waals surface area contributed by atoms with Crippen LogP contribution in [0.3, 0.4) is 0 Å². The van der Waals surface area contributed by atoms with Crippen molar-refractivity contribution in [3.8, 4) is 6.07 Å². The highest BCUT2D eigenvalue weighted by molar-refractivity contribution is 9.10. The molecule has 0 amide bonds. The smallest absolute Gasteiger partial charge is 0.0621 e. The molecule has 3 heteroatoms. The van der Waals surface area contributed by atoms with Gasteiger partial charge in [-0.05, 0) is 43.5 Å². The van der Waals surface area contributed by atoms with E-state index in [0.29, 0.717) is 6.42 Å². The summed E-state index contributed by atoms with van der Waals surface area (Å²) in [6.45, 7) is 3.94. The van der Waals surface area contributed by atoms with Gasteiger partial charge in [-0.2, -0.15) is 5.26 Å². The molecule has 0 heterocycles. The molecule has 1 rings (SSSR count). The molecule has 0 saturated heterocycles. The van der Waals surface area contributed by atoms with Crippen LogP contribution in [0.1, 0.15) is 30.4 Å². The summed E-state index contributed by atoms with van der Waals surface area (Å²) in [6, 6.07) is 8.55. The third-order valence-electron chi connectivity index (χ3n) is 2.42. The van der Waals surface area contributed by atoms with Gasteiger partial charge in [0.1, 0.15) is 0 Å². The number of hydrogen-bond acceptors (Lipinski definition) is 2. The van der Waals surface area contributed by atoms with E-state index < -0.39 is 0 Å². The molecule has 0 unspecified atom stereocenters. The number of rotatable bonds is 6. The minimum absolute atomic E-state index is 0.663. The largest absolute Gasteiger partial charge is 0.313 e. The fourth-order valence-corrected chi connectivity index (χ4v) is 2.11. The van der Waals surface area contributed by atoms with Crippen LogP contribution in [0.25, 0.3) is 0 Å². The van der Waals surface area contributed by atoms with Crippen LogP contribution in [-0.2, 0) is 6.54 Å². The van der Waals surface area contributed by atoms with Crippen molar-refractivity contribution in [3.63, 3.8) is 0 Å². The number of nitrogens with one attached hydrogen (secondary N) is 1. The third-order valence-corrected chi connectivity index (χ3v) is 3.15. The van der Waals surface area contributed by atoms with Crippen LogP contribution in [0.2, 0.25) is 0 Å². The molecule has 16 heavy (non-hydrogen) atoms. The van der Waals surface area contributed by atoms with E-state index in [0.717, 1.165) is 30.4 Å². The van der Waals surface area contributed by atoms with Gasteiger partial charge in [0, 0.05) is 17.4 Å². The summed E-state index contributed by atoms with van der Waals surface area (Å²) < 4.78 is 1.16. The standard InChI is InChI=1S/C13H17BrN2/c1-11-5-6-12(13(14)9-11)10-16-8-4-2-3-7-15/h5-6,9,16H,2-4,8,10H2,1H3. The Morgan fingerprint density at radius 1 is 1.38 bits per heavy atom. The van der Waals surface area contributed by atoms with Crippen molar-refractivity contribution in [1.82, 2.24) is 5.32 Å². The van der Waals surface area contributed by atoms with E-state index in [9.17, 15) is 0 Å². The first-order valence-corrected chi connectivity index (χ1v) is 6.36. The zero-order valence-corrected chi connectivity index (χ0v) is 11.2. The van der Waals surface area contributed by atoms with E-state index in [1.54, 1.807) is 0 Å². The van der Waals surface area contributed by atoms with Gasteiger partial charge >= 0.3 is 0 Å². The van der Waals surface area contributed by atoms with Crippen LogP contribution in [-0.4, -0.2) is 6.54 Å².